The second-order valence-electron chi connectivity index (χ2n) is 6.06. The van der Waals surface area contributed by atoms with Gasteiger partial charge >= 0.3 is 5.69 Å². The third-order valence-electron chi connectivity index (χ3n) is 4.24. The summed E-state index contributed by atoms with van der Waals surface area (Å²) in [7, 11) is 0. The van der Waals surface area contributed by atoms with Crippen molar-refractivity contribution in [1.29, 1.82) is 0 Å². The van der Waals surface area contributed by atoms with Crippen LogP contribution in [0, 0.1) is 5.92 Å². The number of amides is 1. The first-order chi connectivity index (χ1) is 10.7. The van der Waals surface area contributed by atoms with E-state index in [0.717, 1.165) is 29.4 Å². The topological polar surface area (TPSA) is 104 Å². The Morgan fingerprint density at radius 2 is 2.04 bits per heavy atom. The van der Waals surface area contributed by atoms with Crippen LogP contribution in [0.2, 0.25) is 0 Å². The number of aryl methyl sites for hydroxylation is 1. The normalized spacial score (nSPS) is 15.2. The minimum Gasteiger partial charge on any atom is -0.352 e. The molecule has 0 radical (unpaired) electrons. The summed E-state index contributed by atoms with van der Waals surface area (Å²) in [4.78, 5) is 28.6. The van der Waals surface area contributed by atoms with Gasteiger partial charge in [-0.1, -0.05) is 6.07 Å². The summed E-state index contributed by atoms with van der Waals surface area (Å²) in [6.45, 7) is 0.522. The van der Waals surface area contributed by atoms with Crippen LogP contribution in [0.3, 0.4) is 0 Å². The van der Waals surface area contributed by atoms with E-state index in [1.165, 1.54) is 12.8 Å². The molecule has 126 valence electrons. The number of fused-ring (bicyclic) bond motifs is 1. The van der Waals surface area contributed by atoms with Gasteiger partial charge in [0.15, 0.2) is 0 Å². The Labute approximate surface area is 140 Å². The molecule has 1 aromatic carbocycles. The van der Waals surface area contributed by atoms with E-state index in [4.69, 9.17) is 5.73 Å². The zero-order valence-corrected chi connectivity index (χ0v) is 13.7. The first kappa shape index (κ1) is 17.6. The summed E-state index contributed by atoms with van der Waals surface area (Å²) >= 11 is 0. The molecular formula is C16H23ClN4O2. The average molecular weight is 339 g/mol. The summed E-state index contributed by atoms with van der Waals surface area (Å²) < 4.78 is 0. The van der Waals surface area contributed by atoms with Crippen molar-refractivity contribution in [1.82, 2.24) is 15.3 Å². The maximum atomic E-state index is 11.9. The highest BCUT2D eigenvalue weighted by Gasteiger charge is 2.30. The van der Waals surface area contributed by atoms with Gasteiger partial charge in [0.1, 0.15) is 0 Å². The number of benzene rings is 1. The van der Waals surface area contributed by atoms with Gasteiger partial charge in [0.05, 0.1) is 11.0 Å². The summed E-state index contributed by atoms with van der Waals surface area (Å²) in [6, 6.07) is 5.98. The van der Waals surface area contributed by atoms with Crippen LogP contribution in [0.5, 0.6) is 0 Å². The summed E-state index contributed by atoms with van der Waals surface area (Å²) in [6.07, 6.45) is 4.46. The van der Waals surface area contributed by atoms with Gasteiger partial charge in [-0.3, -0.25) is 4.79 Å². The molecule has 1 amide bonds. The van der Waals surface area contributed by atoms with Crippen molar-refractivity contribution in [3.8, 4) is 0 Å². The summed E-state index contributed by atoms with van der Waals surface area (Å²) in [5.41, 5.74) is 8.23. The monoisotopic (exact) mass is 338 g/mol. The number of imidazole rings is 1. The molecule has 0 bridgehead atoms. The van der Waals surface area contributed by atoms with Crippen molar-refractivity contribution in [2.75, 3.05) is 6.54 Å². The van der Waals surface area contributed by atoms with Gasteiger partial charge in [-0.25, -0.2) is 4.79 Å². The fourth-order valence-corrected chi connectivity index (χ4v) is 2.84. The van der Waals surface area contributed by atoms with Crippen LogP contribution >= 0.6 is 12.4 Å². The lowest BCUT2D eigenvalue weighted by Crippen LogP contribution is -2.41. The fraction of sp³-hybridized carbons (Fsp3) is 0.500. The van der Waals surface area contributed by atoms with E-state index in [9.17, 15) is 9.59 Å². The Hall–Kier alpha value is -1.79. The van der Waals surface area contributed by atoms with E-state index < -0.39 is 0 Å². The standard InChI is InChI=1S/C16H22N4O2.ClH/c17-9-14(11-5-6-11)18-15(21)3-1-2-10-4-7-12-13(8-10)20-16(22)19-12;/h4,7-8,11,14H,1-3,5-6,9,17H2,(H,18,21)(H2,19,20,22);1H. The van der Waals surface area contributed by atoms with Crippen LogP contribution in [0.15, 0.2) is 23.0 Å². The molecule has 23 heavy (non-hydrogen) atoms. The Kier molecular flexibility index (Phi) is 5.85. The fourth-order valence-electron chi connectivity index (χ4n) is 2.84. The van der Waals surface area contributed by atoms with Crippen molar-refractivity contribution in [2.24, 2.45) is 11.7 Å². The molecule has 7 heteroatoms. The summed E-state index contributed by atoms with van der Waals surface area (Å²) in [5.74, 6) is 0.667. The molecule has 1 saturated carbocycles. The number of carbonyl (C=O) groups is 1. The van der Waals surface area contributed by atoms with E-state index in [1.807, 2.05) is 18.2 Å². The Morgan fingerprint density at radius 3 is 2.74 bits per heavy atom. The van der Waals surface area contributed by atoms with Crippen molar-refractivity contribution < 1.29 is 4.79 Å². The molecule has 2 aromatic rings. The minimum absolute atomic E-state index is 0. The highest BCUT2D eigenvalue weighted by molar-refractivity contribution is 5.85. The predicted molar refractivity (Wildman–Crippen MR) is 92.8 cm³/mol. The van der Waals surface area contributed by atoms with Crippen LogP contribution in [0.25, 0.3) is 11.0 Å². The molecule has 0 aliphatic heterocycles. The molecule has 1 atom stereocenters. The van der Waals surface area contributed by atoms with Crippen LogP contribution in [-0.4, -0.2) is 28.5 Å². The van der Waals surface area contributed by atoms with Gasteiger partial charge < -0.3 is 21.0 Å². The molecule has 5 N–H and O–H groups in total. The van der Waals surface area contributed by atoms with Gasteiger partial charge in [-0.15, -0.1) is 12.4 Å². The third kappa shape index (κ3) is 4.59. The smallest absolute Gasteiger partial charge is 0.323 e. The highest BCUT2D eigenvalue weighted by Crippen LogP contribution is 2.32. The van der Waals surface area contributed by atoms with Gasteiger partial charge in [-0.2, -0.15) is 0 Å². The number of aromatic amines is 2. The van der Waals surface area contributed by atoms with E-state index in [1.54, 1.807) is 0 Å². The SMILES string of the molecule is Cl.NCC(NC(=O)CCCc1ccc2[nH]c(=O)[nH]c2c1)C1CC1. The van der Waals surface area contributed by atoms with Crippen molar-refractivity contribution in [2.45, 2.75) is 38.1 Å². The maximum Gasteiger partial charge on any atom is 0.323 e. The van der Waals surface area contributed by atoms with E-state index >= 15 is 0 Å². The van der Waals surface area contributed by atoms with E-state index in [-0.39, 0.29) is 30.0 Å². The molecular weight excluding hydrogens is 316 g/mol. The van der Waals surface area contributed by atoms with Crippen molar-refractivity contribution in [3.05, 3.63) is 34.2 Å². The highest BCUT2D eigenvalue weighted by atomic mass is 35.5. The van der Waals surface area contributed by atoms with Gasteiger partial charge in [0.2, 0.25) is 5.91 Å². The minimum atomic E-state index is -0.195. The molecule has 1 aliphatic rings. The predicted octanol–water partition coefficient (Wildman–Crippen LogP) is 1.45. The molecule has 0 spiro atoms. The first-order valence-corrected chi connectivity index (χ1v) is 7.86. The van der Waals surface area contributed by atoms with Gasteiger partial charge in [-0.05, 0) is 49.3 Å². The van der Waals surface area contributed by atoms with Crippen molar-refractivity contribution >= 4 is 29.3 Å². The largest absolute Gasteiger partial charge is 0.352 e. The van der Waals surface area contributed by atoms with Crippen LogP contribution in [-0.2, 0) is 11.2 Å². The first-order valence-electron chi connectivity index (χ1n) is 7.86. The second-order valence-corrected chi connectivity index (χ2v) is 6.06. The van der Waals surface area contributed by atoms with Crippen LogP contribution in [0.1, 0.15) is 31.2 Å². The zero-order chi connectivity index (χ0) is 15.5. The Morgan fingerprint density at radius 1 is 1.30 bits per heavy atom. The third-order valence-corrected chi connectivity index (χ3v) is 4.24. The quantitative estimate of drug-likeness (QED) is 0.614. The lowest BCUT2D eigenvalue weighted by Gasteiger charge is -2.15. The molecule has 3 rings (SSSR count). The molecule has 1 heterocycles. The number of nitrogens with one attached hydrogen (secondary N) is 3. The van der Waals surface area contributed by atoms with E-state index in [2.05, 4.69) is 15.3 Å². The lowest BCUT2D eigenvalue weighted by molar-refractivity contribution is -0.122. The molecule has 1 unspecified atom stereocenters. The molecule has 1 fully saturated rings. The van der Waals surface area contributed by atoms with Crippen LogP contribution < -0.4 is 16.7 Å². The lowest BCUT2D eigenvalue weighted by atomic mass is 10.1. The van der Waals surface area contributed by atoms with Gasteiger partial charge in [0, 0.05) is 19.0 Å². The second kappa shape index (κ2) is 7.66. The summed E-state index contributed by atoms with van der Waals surface area (Å²) in [5, 5.41) is 3.03. The number of hydrogen-bond donors (Lipinski definition) is 4. The number of nitrogens with two attached hydrogens (primary N) is 1. The van der Waals surface area contributed by atoms with Crippen LogP contribution in [0.4, 0.5) is 0 Å². The number of H-pyrrole nitrogens is 2. The zero-order valence-electron chi connectivity index (χ0n) is 12.9. The van der Waals surface area contributed by atoms with Crippen molar-refractivity contribution in [3.63, 3.8) is 0 Å². The molecule has 6 nitrogen and oxygen atoms in total. The molecule has 1 aromatic heterocycles. The van der Waals surface area contributed by atoms with Gasteiger partial charge in [0.25, 0.3) is 0 Å². The number of carbonyl (C=O) groups excluding carboxylic acids is 1. The maximum absolute atomic E-state index is 11.9. The average Bonchev–Trinajstić information content (AvgIpc) is 3.26. The van der Waals surface area contributed by atoms with E-state index in [0.29, 0.717) is 18.9 Å². The number of halogens is 1. The number of aromatic nitrogens is 2. The number of hydrogen-bond acceptors (Lipinski definition) is 3. The number of rotatable bonds is 7. The molecule has 1 aliphatic carbocycles. The Balaban J connectivity index is 0.00000192. The molecule has 0 saturated heterocycles. The Bertz CT molecular complexity index is 720.